The number of urea groups is 1. The van der Waals surface area contributed by atoms with E-state index in [1.165, 1.54) is 21.0 Å². The number of ether oxygens (including phenoxy) is 1. The van der Waals surface area contributed by atoms with Crippen molar-refractivity contribution in [3.8, 4) is 27.7 Å². The molecular formula is C36H44FN9O7S2. The lowest BCUT2D eigenvalue weighted by molar-refractivity contribution is -0.141. The molecule has 0 spiro atoms. The summed E-state index contributed by atoms with van der Waals surface area (Å²) in [6.07, 6.45) is 9.58. The van der Waals surface area contributed by atoms with Gasteiger partial charge in [0.15, 0.2) is 0 Å². The average molecular weight is 798 g/mol. The molecule has 4 N–H and O–H groups in total. The van der Waals surface area contributed by atoms with Crippen LogP contribution in [-0.4, -0.2) is 107 Å². The van der Waals surface area contributed by atoms with Gasteiger partial charge in [0.2, 0.25) is 21.8 Å². The van der Waals surface area contributed by atoms with E-state index in [0.29, 0.717) is 47.8 Å². The van der Waals surface area contributed by atoms with Crippen molar-refractivity contribution in [3.05, 3.63) is 48.0 Å². The van der Waals surface area contributed by atoms with Gasteiger partial charge in [0.1, 0.15) is 46.4 Å². The molecule has 5 atom stereocenters. The van der Waals surface area contributed by atoms with Crippen molar-refractivity contribution in [3.63, 3.8) is 0 Å². The number of methoxy groups -OCH3 is 1. The minimum Gasteiger partial charge on any atom is -0.497 e. The van der Waals surface area contributed by atoms with Gasteiger partial charge in [-0.25, -0.2) is 22.6 Å². The van der Waals surface area contributed by atoms with E-state index < -0.39 is 75.3 Å². The molecule has 0 unspecified atom stereocenters. The summed E-state index contributed by atoms with van der Waals surface area (Å²) in [6, 6.07) is 3.76. The summed E-state index contributed by atoms with van der Waals surface area (Å²) in [5.41, 5.74) is 0.242. The number of hydrogen-bond donors (Lipinski definition) is 4. The number of thiazole rings is 1. The van der Waals surface area contributed by atoms with Crippen molar-refractivity contribution >= 4 is 45.1 Å². The molecule has 55 heavy (non-hydrogen) atoms. The standard InChI is InChI=1S/C36H44FN9O7S2/c1-53-25-11-9-22(10-12-25)29-30(32-38-17-18-54-32)43-46(42-29)24-19-28-31(47)41-36(34(49)44-55(51,52)26-13-14-26)20-23(36)7-5-3-2-4-6-8-27(33(48)45(28)21-24)40-35(50)39-16-15-37/h5,7,9-12,17-18,23-24,26-28H,2-4,6,8,13-16,19-21H2,1H3,(H,41,47)(H,44,49)(H2,39,40,50)/b7-5+/t23-,24-,27-,28+,36-/m1/s1. The molecule has 2 aliphatic heterocycles. The quantitative estimate of drug-likeness (QED) is 0.221. The minimum absolute atomic E-state index is 0.0200. The number of nitrogens with zero attached hydrogens (tertiary/aromatic N) is 5. The maximum Gasteiger partial charge on any atom is 0.315 e. The third kappa shape index (κ3) is 8.36. The Kier molecular flexibility index (Phi) is 11.2. The van der Waals surface area contributed by atoms with Gasteiger partial charge in [-0.1, -0.05) is 25.0 Å². The Morgan fingerprint density at radius 1 is 1.09 bits per heavy atom. The number of hydrogen-bond acceptors (Lipinski definition) is 11. The fourth-order valence-corrected chi connectivity index (χ4v) is 9.21. The summed E-state index contributed by atoms with van der Waals surface area (Å²) >= 11 is 1.38. The number of carbonyl (C=O) groups is 4. The molecule has 2 aliphatic carbocycles. The van der Waals surface area contributed by atoms with E-state index in [4.69, 9.17) is 14.9 Å². The molecule has 3 aromatic rings. The minimum atomic E-state index is -3.91. The summed E-state index contributed by atoms with van der Waals surface area (Å²) in [4.78, 5) is 62.8. The van der Waals surface area contributed by atoms with E-state index in [1.807, 2.05) is 29.7 Å². The number of aromatic nitrogens is 4. The monoisotopic (exact) mass is 797 g/mol. The molecule has 2 aromatic heterocycles. The Labute approximate surface area is 321 Å². The first-order chi connectivity index (χ1) is 26.5. The number of sulfonamides is 1. The number of alkyl halides is 1. The van der Waals surface area contributed by atoms with Crippen molar-refractivity contribution in [2.24, 2.45) is 5.92 Å². The Balaban J connectivity index is 1.23. The molecule has 294 valence electrons. The van der Waals surface area contributed by atoms with Gasteiger partial charge >= 0.3 is 6.03 Å². The predicted octanol–water partition coefficient (Wildman–Crippen LogP) is 2.86. The first-order valence-electron chi connectivity index (χ1n) is 18.5. The predicted molar refractivity (Wildman–Crippen MR) is 200 cm³/mol. The summed E-state index contributed by atoms with van der Waals surface area (Å²) in [5, 5.41) is 19.5. The van der Waals surface area contributed by atoms with Crippen LogP contribution in [0.5, 0.6) is 5.75 Å². The number of halogens is 1. The highest BCUT2D eigenvalue weighted by atomic mass is 32.2. The highest BCUT2D eigenvalue weighted by Gasteiger charge is 2.62. The van der Waals surface area contributed by atoms with Crippen LogP contribution in [0.25, 0.3) is 22.0 Å². The van der Waals surface area contributed by atoms with Gasteiger partial charge in [-0.05, 0) is 62.8 Å². The Bertz CT molecular complexity index is 2040. The fraction of sp³-hybridized carbons (Fsp3) is 0.528. The maximum absolute atomic E-state index is 14.5. The van der Waals surface area contributed by atoms with Gasteiger partial charge in [-0.3, -0.25) is 19.1 Å². The van der Waals surface area contributed by atoms with Crippen molar-refractivity contribution in [2.75, 3.05) is 26.9 Å². The number of rotatable bonds is 10. The van der Waals surface area contributed by atoms with Crippen LogP contribution in [-0.2, 0) is 24.4 Å². The van der Waals surface area contributed by atoms with E-state index >= 15 is 0 Å². The molecule has 19 heteroatoms. The molecule has 5 amide bonds. The number of fused-ring (bicyclic) bond motifs is 2. The van der Waals surface area contributed by atoms with Crippen molar-refractivity contribution in [2.45, 2.75) is 86.7 Å². The third-order valence-electron chi connectivity index (χ3n) is 10.5. The highest BCUT2D eigenvalue weighted by Crippen LogP contribution is 2.46. The molecule has 1 aromatic carbocycles. The zero-order chi connectivity index (χ0) is 38.7. The lowest BCUT2D eigenvalue weighted by atomic mass is 10.0. The SMILES string of the molecule is COc1ccc(-c2nn([C@@H]3C[C@H]4C(=O)N[C@]5(C(=O)NS(=O)(=O)C6CC6)C[C@H]5/C=C/CCCCC[C@@H](NC(=O)NCCF)C(=O)N4C3)nc2-c2nccs2)cc1. The fourth-order valence-electron chi connectivity index (χ4n) is 7.23. The van der Waals surface area contributed by atoms with E-state index in [2.05, 4.69) is 25.7 Å². The van der Waals surface area contributed by atoms with E-state index in [-0.39, 0.29) is 32.4 Å². The molecule has 4 heterocycles. The zero-order valence-corrected chi connectivity index (χ0v) is 31.9. The van der Waals surface area contributed by atoms with Crippen LogP contribution < -0.4 is 25.4 Å². The number of allylic oxidation sites excluding steroid dienone is 1. The highest BCUT2D eigenvalue weighted by molar-refractivity contribution is 7.91. The number of benzene rings is 1. The van der Waals surface area contributed by atoms with Crippen molar-refractivity contribution in [1.29, 1.82) is 0 Å². The lowest BCUT2D eigenvalue weighted by Crippen LogP contribution is -2.58. The maximum atomic E-state index is 14.5. The molecule has 2 saturated carbocycles. The summed E-state index contributed by atoms with van der Waals surface area (Å²) in [6.45, 7) is -1.04. The van der Waals surface area contributed by atoms with E-state index in [0.717, 1.165) is 18.4 Å². The summed E-state index contributed by atoms with van der Waals surface area (Å²) in [5.74, 6) is -1.79. The van der Waals surface area contributed by atoms with Gasteiger partial charge in [-0.15, -0.1) is 16.4 Å². The van der Waals surface area contributed by atoms with Crippen molar-refractivity contribution in [1.82, 2.24) is 45.6 Å². The first kappa shape index (κ1) is 38.4. The smallest absolute Gasteiger partial charge is 0.315 e. The number of nitrogens with one attached hydrogen (secondary N) is 4. The molecule has 4 aliphatic rings. The van der Waals surface area contributed by atoms with Crippen LogP contribution in [0.3, 0.4) is 0 Å². The summed E-state index contributed by atoms with van der Waals surface area (Å²) < 4.78 is 46.1. The van der Waals surface area contributed by atoms with E-state index in [1.54, 1.807) is 25.4 Å². The van der Waals surface area contributed by atoms with Crippen LogP contribution in [0.1, 0.15) is 63.8 Å². The Hall–Kier alpha value is -4.91. The number of carbonyl (C=O) groups excluding carboxylic acids is 4. The van der Waals surface area contributed by atoms with Gasteiger partial charge in [0, 0.05) is 42.6 Å². The average Bonchev–Trinajstić information content (AvgIpc) is 3.93. The zero-order valence-electron chi connectivity index (χ0n) is 30.3. The second-order valence-corrected chi connectivity index (χ2v) is 17.2. The van der Waals surface area contributed by atoms with E-state index in [9.17, 15) is 32.0 Å². The van der Waals surface area contributed by atoms with Crippen LogP contribution >= 0.6 is 11.3 Å². The van der Waals surface area contributed by atoms with Gasteiger partial charge in [0.25, 0.3) is 5.91 Å². The lowest BCUT2D eigenvalue weighted by Gasteiger charge is -2.30. The topological polar surface area (TPSA) is 207 Å². The normalized spacial score (nSPS) is 26.4. The Morgan fingerprint density at radius 2 is 1.87 bits per heavy atom. The second-order valence-electron chi connectivity index (χ2n) is 14.3. The molecule has 3 fully saturated rings. The van der Waals surface area contributed by atoms with Crippen LogP contribution in [0.15, 0.2) is 48.0 Å². The third-order valence-corrected chi connectivity index (χ3v) is 13.1. The van der Waals surface area contributed by atoms with Crippen molar-refractivity contribution < 1.29 is 36.7 Å². The van der Waals surface area contributed by atoms with Crippen LogP contribution in [0.4, 0.5) is 9.18 Å². The molecule has 1 saturated heterocycles. The largest absolute Gasteiger partial charge is 0.497 e. The van der Waals surface area contributed by atoms with Gasteiger partial charge in [0.05, 0.1) is 18.4 Å². The second kappa shape index (κ2) is 16.1. The van der Waals surface area contributed by atoms with Crippen LogP contribution in [0.2, 0.25) is 0 Å². The first-order valence-corrected chi connectivity index (χ1v) is 20.9. The number of amides is 5. The Morgan fingerprint density at radius 3 is 2.58 bits per heavy atom. The molecular weight excluding hydrogens is 754 g/mol. The summed E-state index contributed by atoms with van der Waals surface area (Å²) in [7, 11) is -2.34. The van der Waals surface area contributed by atoms with Crippen LogP contribution in [0, 0.1) is 5.92 Å². The molecule has 7 rings (SSSR count). The molecule has 16 nitrogen and oxygen atoms in total. The van der Waals surface area contributed by atoms with Gasteiger partial charge < -0.3 is 25.6 Å². The van der Waals surface area contributed by atoms with Gasteiger partial charge in [-0.2, -0.15) is 9.90 Å². The molecule has 0 bridgehead atoms. The molecule has 0 radical (unpaired) electrons.